The summed E-state index contributed by atoms with van der Waals surface area (Å²) in [6.45, 7) is 4.79. The Bertz CT molecular complexity index is 791. The van der Waals surface area contributed by atoms with Crippen molar-refractivity contribution in [2.75, 3.05) is 0 Å². The van der Waals surface area contributed by atoms with Gasteiger partial charge in [-0.25, -0.2) is 0 Å². The minimum absolute atomic E-state index is 0.213. The molecule has 110 valence electrons. The van der Waals surface area contributed by atoms with Crippen LogP contribution in [0.4, 0.5) is 0 Å². The Hall–Kier alpha value is -1.35. The van der Waals surface area contributed by atoms with Crippen LogP contribution in [0.1, 0.15) is 37.0 Å². The van der Waals surface area contributed by atoms with Crippen molar-refractivity contribution in [2.45, 2.75) is 25.7 Å². The lowest BCUT2D eigenvalue weighted by atomic mass is 9.72. The van der Waals surface area contributed by atoms with Crippen LogP contribution in [0.25, 0.3) is 11.1 Å². The van der Waals surface area contributed by atoms with Gasteiger partial charge in [0.2, 0.25) is 0 Å². The van der Waals surface area contributed by atoms with Gasteiger partial charge in [-0.3, -0.25) is 0 Å². The van der Waals surface area contributed by atoms with E-state index in [1.54, 1.807) is 0 Å². The van der Waals surface area contributed by atoms with Gasteiger partial charge >= 0.3 is 0 Å². The van der Waals surface area contributed by atoms with Crippen LogP contribution in [0.3, 0.4) is 0 Å². The van der Waals surface area contributed by atoms with Crippen molar-refractivity contribution >= 4 is 33.7 Å². The lowest BCUT2D eigenvalue weighted by Gasteiger charge is -2.31. The monoisotopic (exact) mass is 398 g/mol. The van der Waals surface area contributed by atoms with Crippen LogP contribution in [-0.2, 0) is 5.41 Å². The van der Waals surface area contributed by atoms with E-state index in [0.29, 0.717) is 5.92 Å². The fourth-order valence-electron chi connectivity index (χ4n) is 3.99. The van der Waals surface area contributed by atoms with Gasteiger partial charge in [0.05, 0.1) is 0 Å². The Balaban J connectivity index is 1.79. The number of rotatable bonds is 1. The second kappa shape index (κ2) is 5.09. The first kappa shape index (κ1) is 14.3. The molecule has 0 radical (unpaired) electrons. The van der Waals surface area contributed by atoms with Crippen molar-refractivity contribution in [3.63, 3.8) is 0 Å². The smallest absolute Gasteiger partial charge is 0.0130 e. The van der Waals surface area contributed by atoms with E-state index >= 15 is 0 Å². The Morgan fingerprint density at radius 1 is 0.955 bits per heavy atom. The molecule has 2 aliphatic carbocycles. The third kappa shape index (κ3) is 2.10. The van der Waals surface area contributed by atoms with Gasteiger partial charge in [0, 0.05) is 3.57 Å². The molecule has 0 spiro atoms. The molecule has 4 rings (SSSR count). The molecule has 22 heavy (non-hydrogen) atoms. The standard InChI is InChI=1S/C21H19I/c1-21(2)19-6-4-3-5-17(19)18-12-9-15(13-20(18)21)14-7-10-16(22)11-8-14/h3-12,20H,13H2,1-2H3. The first-order chi connectivity index (χ1) is 10.6. The minimum atomic E-state index is 0.213. The highest BCUT2D eigenvalue weighted by Crippen LogP contribution is 2.54. The molecule has 0 aliphatic heterocycles. The highest BCUT2D eigenvalue weighted by molar-refractivity contribution is 14.1. The molecular weight excluding hydrogens is 379 g/mol. The average Bonchev–Trinajstić information content (AvgIpc) is 2.77. The van der Waals surface area contributed by atoms with E-state index in [0.717, 1.165) is 6.42 Å². The molecule has 1 atom stereocenters. The summed E-state index contributed by atoms with van der Waals surface area (Å²) < 4.78 is 1.29. The van der Waals surface area contributed by atoms with Crippen LogP contribution < -0.4 is 0 Å². The van der Waals surface area contributed by atoms with Crippen molar-refractivity contribution < 1.29 is 0 Å². The largest absolute Gasteiger partial charge is 0.0619 e. The molecule has 0 saturated heterocycles. The van der Waals surface area contributed by atoms with Crippen LogP contribution in [0, 0.1) is 9.49 Å². The zero-order valence-corrected chi connectivity index (χ0v) is 15.1. The maximum absolute atomic E-state index is 2.40. The first-order valence-corrected chi connectivity index (χ1v) is 8.92. The summed E-state index contributed by atoms with van der Waals surface area (Å²) >= 11 is 2.37. The van der Waals surface area contributed by atoms with Crippen molar-refractivity contribution in [1.82, 2.24) is 0 Å². The topological polar surface area (TPSA) is 0 Å². The van der Waals surface area contributed by atoms with Gasteiger partial charge in [0.1, 0.15) is 0 Å². The van der Waals surface area contributed by atoms with E-state index in [9.17, 15) is 0 Å². The zero-order valence-electron chi connectivity index (χ0n) is 12.9. The van der Waals surface area contributed by atoms with Crippen molar-refractivity contribution in [2.24, 2.45) is 5.92 Å². The fourth-order valence-corrected chi connectivity index (χ4v) is 4.35. The third-order valence-corrected chi connectivity index (χ3v) is 6.00. The second-order valence-electron chi connectivity index (χ2n) is 6.84. The molecule has 0 heterocycles. The van der Waals surface area contributed by atoms with Crippen molar-refractivity contribution in [1.29, 1.82) is 0 Å². The van der Waals surface area contributed by atoms with Gasteiger partial charge in [-0.1, -0.05) is 62.4 Å². The van der Waals surface area contributed by atoms with Crippen LogP contribution in [0.5, 0.6) is 0 Å². The summed E-state index contributed by atoms with van der Waals surface area (Å²) in [6, 6.07) is 17.8. The van der Waals surface area contributed by atoms with Gasteiger partial charge in [-0.2, -0.15) is 0 Å². The third-order valence-electron chi connectivity index (χ3n) is 5.28. The number of allylic oxidation sites excluding steroid dienone is 4. The first-order valence-electron chi connectivity index (χ1n) is 7.84. The van der Waals surface area contributed by atoms with Gasteiger partial charge in [-0.05, 0) is 80.3 Å². The molecule has 0 nitrogen and oxygen atoms in total. The van der Waals surface area contributed by atoms with Crippen LogP contribution in [-0.4, -0.2) is 0 Å². The molecular formula is C21H19I. The Kier molecular flexibility index (Phi) is 3.30. The van der Waals surface area contributed by atoms with E-state index < -0.39 is 0 Å². The van der Waals surface area contributed by atoms with Crippen LogP contribution in [0.2, 0.25) is 0 Å². The Morgan fingerprint density at radius 3 is 2.45 bits per heavy atom. The zero-order chi connectivity index (χ0) is 15.3. The molecule has 1 unspecified atom stereocenters. The summed E-state index contributed by atoms with van der Waals surface area (Å²) in [6.07, 6.45) is 5.81. The fraction of sp³-hybridized carbons (Fsp3) is 0.238. The molecule has 0 fully saturated rings. The lowest BCUT2D eigenvalue weighted by Crippen LogP contribution is -2.24. The molecule has 2 aliphatic rings. The molecule has 0 N–H and O–H groups in total. The Labute approximate surface area is 146 Å². The maximum Gasteiger partial charge on any atom is 0.0130 e. The normalized spacial score (nSPS) is 21.7. The van der Waals surface area contributed by atoms with Gasteiger partial charge in [0.25, 0.3) is 0 Å². The van der Waals surface area contributed by atoms with Crippen molar-refractivity contribution in [3.8, 4) is 0 Å². The highest BCUT2D eigenvalue weighted by atomic mass is 127. The maximum atomic E-state index is 2.40. The molecule has 2 aromatic rings. The van der Waals surface area contributed by atoms with Crippen LogP contribution in [0.15, 0.2) is 60.7 Å². The predicted molar refractivity (Wildman–Crippen MR) is 103 cm³/mol. The summed E-state index contributed by atoms with van der Waals surface area (Å²) in [5.74, 6) is 0.587. The van der Waals surface area contributed by atoms with Crippen molar-refractivity contribution in [3.05, 3.63) is 80.9 Å². The SMILES string of the molecule is CC1(C)c2ccccc2C2=CC=C(c3ccc(I)cc3)CC21. The van der Waals surface area contributed by atoms with E-state index in [1.807, 2.05) is 0 Å². The molecule has 0 aromatic heterocycles. The lowest BCUT2D eigenvalue weighted by molar-refractivity contribution is 0.418. The Morgan fingerprint density at radius 2 is 1.68 bits per heavy atom. The second-order valence-corrected chi connectivity index (χ2v) is 8.09. The minimum Gasteiger partial charge on any atom is -0.0619 e. The number of fused-ring (bicyclic) bond motifs is 3. The number of benzene rings is 2. The van der Waals surface area contributed by atoms with Gasteiger partial charge in [-0.15, -0.1) is 0 Å². The summed E-state index contributed by atoms with van der Waals surface area (Å²) in [7, 11) is 0. The van der Waals surface area contributed by atoms with Crippen LogP contribution >= 0.6 is 22.6 Å². The van der Waals surface area contributed by atoms with E-state index in [4.69, 9.17) is 0 Å². The number of halogens is 1. The summed E-state index contributed by atoms with van der Waals surface area (Å²) in [5, 5.41) is 0. The number of hydrogen-bond donors (Lipinski definition) is 0. The quantitative estimate of drug-likeness (QED) is 0.512. The summed E-state index contributed by atoms with van der Waals surface area (Å²) in [5.41, 5.74) is 7.52. The predicted octanol–water partition coefficient (Wildman–Crippen LogP) is 6.07. The van der Waals surface area contributed by atoms with E-state index in [1.165, 1.54) is 31.4 Å². The molecule has 1 heteroatoms. The average molecular weight is 398 g/mol. The van der Waals surface area contributed by atoms with Gasteiger partial charge in [0.15, 0.2) is 0 Å². The number of hydrogen-bond acceptors (Lipinski definition) is 0. The molecule has 0 bridgehead atoms. The van der Waals surface area contributed by atoms with Gasteiger partial charge < -0.3 is 0 Å². The highest BCUT2D eigenvalue weighted by Gasteiger charge is 2.43. The molecule has 0 saturated carbocycles. The molecule has 0 amide bonds. The van der Waals surface area contributed by atoms with E-state index in [-0.39, 0.29) is 5.41 Å². The van der Waals surface area contributed by atoms with E-state index in [2.05, 4.69) is 97.1 Å². The summed E-state index contributed by atoms with van der Waals surface area (Å²) in [4.78, 5) is 0. The molecule has 2 aromatic carbocycles.